The van der Waals surface area contributed by atoms with Crippen LogP contribution < -0.4 is 21.3 Å². The molecule has 0 radical (unpaired) electrons. The van der Waals surface area contributed by atoms with Gasteiger partial charge < -0.3 is 11.5 Å². The SMILES string of the molecule is NC(=O)N(c1ccccn1)c1cccc(N(C(N)=O)c2nccs2)c1-c1ccccc1. The Bertz CT molecular complexity index is 1200. The second kappa shape index (κ2) is 8.64. The normalized spacial score (nSPS) is 10.5. The summed E-state index contributed by atoms with van der Waals surface area (Å²) in [7, 11) is 0. The molecule has 31 heavy (non-hydrogen) atoms. The Balaban J connectivity index is 2.02. The fraction of sp³-hybridized carbons (Fsp3) is 0. The van der Waals surface area contributed by atoms with Crippen molar-refractivity contribution >= 4 is 45.7 Å². The third-order valence-electron chi connectivity index (χ3n) is 4.49. The number of carbonyl (C=O) groups is 2. The van der Waals surface area contributed by atoms with Crippen molar-refractivity contribution in [3.8, 4) is 11.1 Å². The maximum Gasteiger partial charge on any atom is 0.325 e. The Morgan fingerprint density at radius 3 is 2.00 bits per heavy atom. The number of carbonyl (C=O) groups excluding carboxylic acids is 2. The topological polar surface area (TPSA) is 118 Å². The van der Waals surface area contributed by atoms with Gasteiger partial charge in [-0.05, 0) is 29.8 Å². The molecule has 0 aliphatic rings. The molecule has 0 saturated heterocycles. The lowest BCUT2D eigenvalue weighted by Crippen LogP contribution is -2.34. The Kier molecular flexibility index (Phi) is 5.59. The van der Waals surface area contributed by atoms with Gasteiger partial charge in [-0.3, -0.25) is 0 Å². The van der Waals surface area contributed by atoms with Crippen LogP contribution >= 0.6 is 11.3 Å². The molecule has 0 fully saturated rings. The minimum absolute atomic E-state index is 0.351. The first-order chi connectivity index (χ1) is 15.1. The van der Waals surface area contributed by atoms with E-state index in [2.05, 4.69) is 9.97 Å². The zero-order valence-electron chi connectivity index (χ0n) is 16.3. The molecule has 0 bridgehead atoms. The maximum absolute atomic E-state index is 12.5. The van der Waals surface area contributed by atoms with Gasteiger partial charge in [-0.2, -0.15) is 0 Å². The second-order valence-electron chi connectivity index (χ2n) is 6.39. The molecule has 4 rings (SSSR count). The van der Waals surface area contributed by atoms with Crippen LogP contribution in [0.3, 0.4) is 0 Å². The molecule has 2 aromatic heterocycles. The molecule has 2 aromatic carbocycles. The lowest BCUT2D eigenvalue weighted by molar-refractivity contribution is 0.255. The lowest BCUT2D eigenvalue weighted by Gasteiger charge is -2.27. The third kappa shape index (κ3) is 3.94. The lowest BCUT2D eigenvalue weighted by atomic mass is 9.99. The number of hydrogen-bond donors (Lipinski definition) is 2. The minimum Gasteiger partial charge on any atom is -0.351 e. The smallest absolute Gasteiger partial charge is 0.325 e. The number of thiazole rings is 1. The number of rotatable bonds is 5. The van der Waals surface area contributed by atoms with Crippen LogP contribution in [0, 0.1) is 0 Å². The van der Waals surface area contributed by atoms with E-state index in [0.717, 1.165) is 5.56 Å². The molecule has 0 atom stereocenters. The van der Waals surface area contributed by atoms with Gasteiger partial charge in [0.05, 0.1) is 11.4 Å². The van der Waals surface area contributed by atoms with E-state index >= 15 is 0 Å². The molecule has 4 N–H and O–H groups in total. The average Bonchev–Trinajstić information content (AvgIpc) is 3.29. The van der Waals surface area contributed by atoms with Crippen molar-refractivity contribution in [2.75, 3.05) is 9.80 Å². The highest BCUT2D eigenvalue weighted by Gasteiger charge is 2.27. The number of primary amides is 2. The van der Waals surface area contributed by atoms with Gasteiger partial charge in [-0.25, -0.2) is 29.4 Å². The van der Waals surface area contributed by atoms with Crippen molar-refractivity contribution in [2.45, 2.75) is 0 Å². The Morgan fingerprint density at radius 1 is 0.742 bits per heavy atom. The Labute approximate surface area is 182 Å². The number of aromatic nitrogens is 2. The summed E-state index contributed by atoms with van der Waals surface area (Å²) in [5.74, 6) is 0.351. The summed E-state index contributed by atoms with van der Waals surface area (Å²) in [5, 5.41) is 2.16. The van der Waals surface area contributed by atoms with E-state index in [1.54, 1.807) is 54.2 Å². The summed E-state index contributed by atoms with van der Waals surface area (Å²) in [6, 6.07) is 18.3. The molecule has 0 aliphatic heterocycles. The summed E-state index contributed by atoms with van der Waals surface area (Å²) >= 11 is 1.27. The summed E-state index contributed by atoms with van der Waals surface area (Å²) in [4.78, 5) is 36.1. The Morgan fingerprint density at radius 2 is 1.42 bits per heavy atom. The van der Waals surface area contributed by atoms with Gasteiger partial charge in [0.1, 0.15) is 5.82 Å². The maximum atomic E-state index is 12.5. The van der Waals surface area contributed by atoms with Crippen LogP contribution in [0.1, 0.15) is 0 Å². The van der Waals surface area contributed by atoms with Crippen LogP contribution in [-0.4, -0.2) is 22.0 Å². The predicted molar refractivity (Wildman–Crippen MR) is 122 cm³/mol. The number of nitrogens with zero attached hydrogens (tertiary/aromatic N) is 4. The van der Waals surface area contributed by atoms with Gasteiger partial charge in [0.15, 0.2) is 5.13 Å². The average molecular weight is 430 g/mol. The van der Waals surface area contributed by atoms with Crippen molar-refractivity contribution in [2.24, 2.45) is 11.5 Å². The van der Waals surface area contributed by atoms with Crippen molar-refractivity contribution in [1.82, 2.24) is 9.97 Å². The van der Waals surface area contributed by atoms with Gasteiger partial charge in [0.25, 0.3) is 0 Å². The van der Waals surface area contributed by atoms with Gasteiger partial charge in [-0.1, -0.05) is 42.5 Å². The first-order valence-electron chi connectivity index (χ1n) is 9.26. The summed E-state index contributed by atoms with van der Waals surface area (Å²) in [5.41, 5.74) is 13.8. The van der Waals surface area contributed by atoms with Crippen LogP contribution in [0.5, 0.6) is 0 Å². The second-order valence-corrected chi connectivity index (χ2v) is 7.26. The zero-order chi connectivity index (χ0) is 21.8. The number of anilines is 4. The van der Waals surface area contributed by atoms with Crippen molar-refractivity contribution < 1.29 is 9.59 Å². The first kappa shape index (κ1) is 20.0. The number of pyridine rings is 1. The number of benzene rings is 2. The molecule has 0 saturated carbocycles. The molecule has 4 amide bonds. The fourth-order valence-corrected chi connectivity index (χ4v) is 3.94. The van der Waals surface area contributed by atoms with Crippen LogP contribution in [0.25, 0.3) is 11.1 Å². The monoisotopic (exact) mass is 430 g/mol. The van der Waals surface area contributed by atoms with Gasteiger partial charge in [0, 0.05) is 23.3 Å². The number of amides is 4. The molecular formula is C22H18N6O2S. The highest BCUT2D eigenvalue weighted by atomic mass is 32.1. The van der Waals surface area contributed by atoms with Gasteiger partial charge in [-0.15, -0.1) is 11.3 Å². The number of hydrogen-bond acceptors (Lipinski definition) is 5. The van der Waals surface area contributed by atoms with E-state index in [0.29, 0.717) is 27.9 Å². The molecule has 0 unspecified atom stereocenters. The highest BCUT2D eigenvalue weighted by molar-refractivity contribution is 7.13. The summed E-state index contributed by atoms with van der Waals surface area (Å²) < 4.78 is 0. The molecular weight excluding hydrogens is 412 g/mol. The summed E-state index contributed by atoms with van der Waals surface area (Å²) in [6.07, 6.45) is 3.16. The number of urea groups is 2. The highest BCUT2D eigenvalue weighted by Crippen LogP contribution is 2.43. The summed E-state index contributed by atoms with van der Waals surface area (Å²) in [6.45, 7) is 0. The van der Waals surface area contributed by atoms with Crippen molar-refractivity contribution in [3.63, 3.8) is 0 Å². The molecule has 9 heteroatoms. The van der Waals surface area contributed by atoms with Crippen LogP contribution in [0.2, 0.25) is 0 Å². The molecule has 0 spiro atoms. The molecule has 4 aromatic rings. The van der Waals surface area contributed by atoms with Gasteiger partial charge >= 0.3 is 12.1 Å². The third-order valence-corrected chi connectivity index (χ3v) is 5.25. The van der Waals surface area contributed by atoms with Crippen LogP contribution in [0.4, 0.5) is 31.9 Å². The van der Waals surface area contributed by atoms with Crippen LogP contribution in [0.15, 0.2) is 84.5 Å². The van der Waals surface area contributed by atoms with E-state index in [4.69, 9.17) is 11.5 Å². The van der Waals surface area contributed by atoms with Crippen molar-refractivity contribution in [3.05, 3.63) is 84.5 Å². The van der Waals surface area contributed by atoms with Gasteiger partial charge in [0.2, 0.25) is 0 Å². The largest absolute Gasteiger partial charge is 0.351 e. The standard InChI is InChI=1S/C22H18N6O2S/c23-20(29)27(18-11-4-5-12-25-18)16-9-6-10-17(19(16)15-7-2-1-3-8-15)28(21(24)30)22-26-13-14-31-22/h1-14H,(H2,23,29)(H2,24,30). The quantitative estimate of drug-likeness (QED) is 0.479. The van der Waals surface area contributed by atoms with E-state index in [-0.39, 0.29) is 0 Å². The molecule has 0 aliphatic carbocycles. The van der Waals surface area contributed by atoms with E-state index in [1.807, 2.05) is 30.3 Å². The van der Waals surface area contributed by atoms with E-state index in [9.17, 15) is 9.59 Å². The predicted octanol–water partition coefficient (Wildman–Crippen LogP) is 4.64. The fourth-order valence-electron chi connectivity index (χ4n) is 3.28. The zero-order valence-corrected chi connectivity index (χ0v) is 17.1. The molecule has 8 nitrogen and oxygen atoms in total. The van der Waals surface area contributed by atoms with Crippen LogP contribution in [-0.2, 0) is 0 Å². The molecule has 154 valence electrons. The minimum atomic E-state index is -0.715. The first-order valence-corrected chi connectivity index (χ1v) is 10.1. The van der Waals surface area contributed by atoms with E-state index in [1.165, 1.54) is 21.1 Å². The Hall–Kier alpha value is -4.24. The van der Waals surface area contributed by atoms with E-state index < -0.39 is 12.1 Å². The number of nitrogens with two attached hydrogens (primary N) is 2. The molecule has 2 heterocycles. The van der Waals surface area contributed by atoms with Crippen molar-refractivity contribution in [1.29, 1.82) is 0 Å².